The van der Waals surface area contributed by atoms with Gasteiger partial charge in [-0.05, 0) is 43.3 Å². The molecule has 0 aliphatic heterocycles. The lowest BCUT2D eigenvalue weighted by atomic mass is 10.2. The molecule has 0 saturated carbocycles. The molecule has 3 aromatic rings. The van der Waals surface area contributed by atoms with Gasteiger partial charge in [0.05, 0.1) is 17.3 Å². The minimum Gasteiger partial charge on any atom is -0.338 e. The molecule has 0 aliphatic rings. The number of aryl methyl sites for hydroxylation is 1. The van der Waals surface area contributed by atoms with Gasteiger partial charge < -0.3 is 10.6 Å². The Morgan fingerprint density at radius 2 is 1.72 bits per heavy atom. The van der Waals surface area contributed by atoms with Crippen molar-refractivity contribution in [2.24, 2.45) is 0 Å². The fourth-order valence-corrected chi connectivity index (χ4v) is 2.17. The van der Waals surface area contributed by atoms with Crippen molar-refractivity contribution in [3.63, 3.8) is 0 Å². The standard InChI is InChI=1S/C18H13F2N5/c1-11-8-17(24-16-7-4-13(19)9-15(16)20)25-18(22-11)23-14-5-2-12(10-21)3-6-14/h2-9H,1H3,(H2,22,23,24,25). The summed E-state index contributed by atoms with van der Waals surface area (Å²) < 4.78 is 26.8. The summed E-state index contributed by atoms with van der Waals surface area (Å²) in [5.74, 6) is -0.674. The second-order valence-electron chi connectivity index (χ2n) is 5.28. The molecule has 3 rings (SSSR count). The summed E-state index contributed by atoms with van der Waals surface area (Å²) in [4.78, 5) is 8.54. The van der Waals surface area contributed by atoms with E-state index in [1.54, 1.807) is 37.3 Å². The largest absolute Gasteiger partial charge is 0.338 e. The average Bonchev–Trinajstić information content (AvgIpc) is 2.58. The first-order chi connectivity index (χ1) is 12.0. The van der Waals surface area contributed by atoms with Crippen LogP contribution in [0.25, 0.3) is 0 Å². The molecule has 0 bridgehead atoms. The summed E-state index contributed by atoms with van der Waals surface area (Å²) in [6.45, 7) is 1.78. The monoisotopic (exact) mass is 337 g/mol. The SMILES string of the molecule is Cc1cc(Nc2ccc(F)cc2F)nc(Nc2ccc(C#N)cc2)n1. The average molecular weight is 337 g/mol. The summed E-state index contributed by atoms with van der Waals surface area (Å²) in [6, 6.07) is 13.8. The second kappa shape index (κ2) is 6.93. The third-order valence-electron chi connectivity index (χ3n) is 3.32. The number of hydrogen-bond acceptors (Lipinski definition) is 5. The van der Waals surface area contributed by atoms with E-state index in [1.165, 1.54) is 6.07 Å². The maximum atomic E-state index is 13.8. The maximum Gasteiger partial charge on any atom is 0.229 e. The second-order valence-corrected chi connectivity index (χ2v) is 5.28. The fourth-order valence-electron chi connectivity index (χ4n) is 2.17. The molecular formula is C18H13F2N5. The number of aromatic nitrogens is 2. The molecule has 0 spiro atoms. The van der Waals surface area contributed by atoms with Crippen molar-refractivity contribution in [1.29, 1.82) is 5.26 Å². The van der Waals surface area contributed by atoms with E-state index in [0.29, 0.717) is 28.7 Å². The summed E-state index contributed by atoms with van der Waals surface area (Å²) in [5.41, 5.74) is 2.04. The molecule has 5 nitrogen and oxygen atoms in total. The van der Waals surface area contributed by atoms with Crippen molar-refractivity contribution in [2.45, 2.75) is 6.92 Å². The van der Waals surface area contributed by atoms with Gasteiger partial charge in [-0.2, -0.15) is 10.2 Å². The van der Waals surface area contributed by atoms with Gasteiger partial charge >= 0.3 is 0 Å². The van der Waals surface area contributed by atoms with E-state index >= 15 is 0 Å². The van der Waals surface area contributed by atoms with Crippen LogP contribution in [0.1, 0.15) is 11.3 Å². The molecule has 124 valence electrons. The molecule has 0 atom stereocenters. The van der Waals surface area contributed by atoms with Crippen molar-refractivity contribution in [1.82, 2.24) is 9.97 Å². The zero-order valence-electron chi connectivity index (χ0n) is 13.2. The first-order valence-electron chi connectivity index (χ1n) is 7.38. The molecule has 1 aromatic heterocycles. The minimum atomic E-state index is -0.710. The third kappa shape index (κ3) is 4.06. The topological polar surface area (TPSA) is 73.6 Å². The Morgan fingerprint density at radius 3 is 2.40 bits per heavy atom. The molecule has 2 N–H and O–H groups in total. The highest BCUT2D eigenvalue weighted by atomic mass is 19.1. The van der Waals surface area contributed by atoms with Gasteiger partial charge in [0.1, 0.15) is 17.5 Å². The minimum absolute atomic E-state index is 0.115. The number of benzene rings is 2. The smallest absolute Gasteiger partial charge is 0.229 e. The molecule has 0 radical (unpaired) electrons. The predicted molar refractivity (Wildman–Crippen MR) is 90.8 cm³/mol. The van der Waals surface area contributed by atoms with Crippen LogP contribution < -0.4 is 10.6 Å². The Kier molecular flexibility index (Phi) is 4.53. The van der Waals surface area contributed by atoms with Crippen molar-refractivity contribution >= 4 is 23.1 Å². The lowest BCUT2D eigenvalue weighted by Crippen LogP contribution is -2.03. The van der Waals surface area contributed by atoms with Crippen molar-refractivity contribution in [3.05, 3.63) is 71.4 Å². The van der Waals surface area contributed by atoms with Gasteiger partial charge in [0.2, 0.25) is 5.95 Å². The third-order valence-corrected chi connectivity index (χ3v) is 3.32. The molecule has 7 heteroatoms. The number of halogens is 2. The quantitative estimate of drug-likeness (QED) is 0.737. The van der Waals surface area contributed by atoms with Crippen LogP contribution in [-0.4, -0.2) is 9.97 Å². The van der Waals surface area contributed by atoms with E-state index < -0.39 is 11.6 Å². The van der Waals surface area contributed by atoms with Crippen molar-refractivity contribution in [3.8, 4) is 6.07 Å². The van der Waals surface area contributed by atoms with E-state index in [9.17, 15) is 8.78 Å². The highest BCUT2D eigenvalue weighted by molar-refractivity contribution is 5.61. The van der Waals surface area contributed by atoms with Crippen LogP contribution in [0, 0.1) is 29.9 Å². The Bertz CT molecular complexity index is 949. The predicted octanol–water partition coefficient (Wildman–Crippen LogP) is 4.42. The number of anilines is 4. The number of nitriles is 1. The fraction of sp³-hybridized carbons (Fsp3) is 0.0556. The first kappa shape index (κ1) is 16.3. The first-order valence-corrected chi connectivity index (χ1v) is 7.38. The molecule has 0 amide bonds. The van der Waals surface area contributed by atoms with Crippen molar-refractivity contribution < 1.29 is 8.78 Å². The normalized spacial score (nSPS) is 10.2. The van der Waals surface area contributed by atoms with Crippen LogP contribution in [0.2, 0.25) is 0 Å². The Balaban J connectivity index is 1.83. The van der Waals surface area contributed by atoms with Crippen LogP contribution in [0.3, 0.4) is 0 Å². The molecule has 25 heavy (non-hydrogen) atoms. The molecule has 0 fully saturated rings. The van der Waals surface area contributed by atoms with Gasteiger partial charge in [-0.15, -0.1) is 0 Å². The van der Waals surface area contributed by atoms with E-state index in [4.69, 9.17) is 5.26 Å². The number of nitrogens with zero attached hydrogens (tertiary/aromatic N) is 3. The highest BCUT2D eigenvalue weighted by Crippen LogP contribution is 2.22. The van der Waals surface area contributed by atoms with Gasteiger partial charge in [0.25, 0.3) is 0 Å². The summed E-state index contributed by atoms with van der Waals surface area (Å²) in [5, 5.41) is 14.6. The van der Waals surface area contributed by atoms with Gasteiger partial charge in [0, 0.05) is 23.5 Å². The summed E-state index contributed by atoms with van der Waals surface area (Å²) in [7, 11) is 0. The molecule has 0 aliphatic carbocycles. The number of rotatable bonds is 4. The van der Waals surface area contributed by atoms with E-state index in [0.717, 1.165) is 12.1 Å². The van der Waals surface area contributed by atoms with Crippen LogP contribution in [0.4, 0.5) is 31.9 Å². The zero-order chi connectivity index (χ0) is 17.8. The van der Waals surface area contributed by atoms with Gasteiger partial charge in [0.15, 0.2) is 0 Å². The Hall–Kier alpha value is -3.53. The summed E-state index contributed by atoms with van der Waals surface area (Å²) in [6.07, 6.45) is 0. The zero-order valence-corrected chi connectivity index (χ0v) is 13.2. The summed E-state index contributed by atoms with van der Waals surface area (Å²) >= 11 is 0. The lowest BCUT2D eigenvalue weighted by molar-refractivity contribution is 0.586. The lowest BCUT2D eigenvalue weighted by Gasteiger charge is -2.10. The van der Waals surface area contributed by atoms with Gasteiger partial charge in [-0.25, -0.2) is 13.8 Å². The Labute approximate surface area is 143 Å². The van der Waals surface area contributed by atoms with Crippen molar-refractivity contribution in [2.75, 3.05) is 10.6 Å². The molecule has 0 saturated heterocycles. The van der Waals surface area contributed by atoms with E-state index in [-0.39, 0.29) is 5.69 Å². The van der Waals surface area contributed by atoms with Gasteiger partial charge in [-0.1, -0.05) is 0 Å². The number of hydrogen-bond donors (Lipinski definition) is 2. The van der Waals surface area contributed by atoms with Crippen LogP contribution in [0.5, 0.6) is 0 Å². The van der Waals surface area contributed by atoms with Crippen LogP contribution >= 0.6 is 0 Å². The number of nitrogens with one attached hydrogen (secondary N) is 2. The van der Waals surface area contributed by atoms with Crippen LogP contribution in [-0.2, 0) is 0 Å². The van der Waals surface area contributed by atoms with E-state index in [2.05, 4.69) is 20.6 Å². The maximum absolute atomic E-state index is 13.8. The van der Waals surface area contributed by atoms with Gasteiger partial charge in [-0.3, -0.25) is 0 Å². The molecular weight excluding hydrogens is 324 g/mol. The highest BCUT2D eigenvalue weighted by Gasteiger charge is 2.07. The molecule has 1 heterocycles. The van der Waals surface area contributed by atoms with Crippen LogP contribution in [0.15, 0.2) is 48.5 Å². The molecule has 0 unspecified atom stereocenters. The molecule has 2 aromatic carbocycles. The van der Waals surface area contributed by atoms with E-state index in [1.807, 2.05) is 6.07 Å². The Morgan fingerprint density at radius 1 is 0.960 bits per heavy atom.